The van der Waals surface area contributed by atoms with E-state index in [1.807, 2.05) is 4.68 Å². The van der Waals surface area contributed by atoms with E-state index in [1.165, 1.54) is 25.7 Å². The fraction of sp³-hybridized carbons (Fsp3) is 0.714. The molecule has 2 fully saturated rings. The van der Waals surface area contributed by atoms with E-state index in [0.29, 0.717) is 29.3 Å². The van der Waals surface area contributed by atoms with Crippen molar-refractivity contribution in [2.24, 2.45) is 5.92 Å². The summed E-state index contributed by atoms with van der Waals surface area (Å²) in [6.07, 6.45) is 7.24. The molecule has 0 spiro atoms. The first kappa shape index (κ1) is 12.3. The van der Waals surface area contributed by atoms with E-state index in [-0.39, 0.29) is 0 Å². The van der Waals surface area contributed by atoms with Gasteiger partial charge in [-0.05, 0) is 38.5 Å². The molecule has 1 unspecified atom stereocenters. The first-order valence-corrected chi connectivity index (χ1v) is 7.25. The molecule has 0 radical (unpaired) electrons. The number of anilines is 2. The van der Waals surface area contributed by atoms with Crippen LogP contribution < -0.4 is 11.1 Å². The summed E-state index contributed by atoms with van der Waals surface area (Å²) < 4.78 is 1.87. The van der Waals surface area contributed by atoms with Gasteiger partial charge in [0, 0.05) is 6.04 Å². The molecular formula is C14H21N5. The van der Waals surface area contributed by atoms with E-state index < -0.39 is 0 Å². The predicted molar refractivity (Wildman–Crippen MR) is 74.7 cm³/mol. The standard InChI is InChI=1S/C14H21N5/c1-9(10-6-7-10)17-14-12(8-15)13(16)19(18-14)11-4-2-3-5-11/h9-11H,2-7,16H2,1H3,(H,17,18). The number of hydrogen-bond acceptors (Lipinski definition) is 4. The Morgan fingerprint density at radius 3 is 2.63 bits per heavy atom. The molecular weight excluding hydrogens is 238 g/mol. The van der Waals surface area contributed by atoms with Gasteiger partial charge in [0.05, 0.1) is 6.04 Å². The van der Waals surface area contributed by atoms with E-state index in [4.69, 9.17) is 5.73 Å². The Morgan fingerprint density at radius 2 is 2.05 bits per heavy atom. The van der Waals surface area contributed by atoms with Crippen molar-refractivity contribution in [3.05, 3.63) is 5.56 Å². The van der Waals surface area contributed by atoms with Gasteiger partial charge in [0.15, 0.2) is 5.82 Å². The molecule has 1 aromatic heterocycles. The molecule has 0 aliphatic heterocycles. The summed E-state index contributed by atoms with van der Waals surface area (Å²) in [5.74, 6) is 1.93. The molecule has 3 rings (SSSR count). The van der Waals surface area contributed by atoms with Crippen LogP contribution in [0.25, 0.3) is 0 Å². The van der Waals surface area contributed by atoms with Crippen molar-refractivity contribution >= 4 is 11.6 Å². The smallest absolute Gasteiger partial charge is 0.168 e. The largest absolute Gasteiger partial charge is 0.383 e. The second kappa shape index (κ2) is 4.76. The highest BCUT2D eigenvalue weighted by molar-refractivity contribution is 5.64. The van der Waals surface area contributed by atoms with Crippen LogP contribution in [0.5, 0.6) is 0 Å². The van der Waals surface area contributed by atoms with Crippen molar-refractivity contribution in [2.75, 3.05) is 11.1 Å². The molecule has 0 aromatic carbocycles. The summed E-state index contributed by atoms with van der Waals surface area (Å²) in [5, 5.41) is 17.2. The Bertz CT molecular complexity index is 503. The lowest BCUT2D eigenvalue weighted by atomic mass is 10.2. The molecule has 5 nitrogen and oxygen atoms in total. The fourth-order valence-corrected chi connectivity index (χ4v) is 3.02. The molecule has 102 valence electrons. The molecule has 1 atom stereocenters. The molecule has 1 heterocycles. The first-order valence-electron chi connectivity index (χ1n) is 7.25. The molecule has 0 bridgehead atoms. The number of hydrogen-bond donors (Lipinski definition) is 2. The number of nitriles is 1. The topological polar surface area (TPSA) is 79.7 Å². The summed E-state index contributed by atoms with van der Waals surface area (Å²) in [7, 11) is 0. The highest BCUT2D eigenvalue weighted by Gasteiger charge is 2.30. The molecule has 3 N–H and O–H groups in total. The summed E-state index contributed by atoms with van der Waals surface area (Å²) >= 11 is 0. The molecule has 2 aliphatic carbocycles. The quantitative estimate of drug-likeness (QED) is 0.871. The number of nitrogens with zero attached hydrogens (tertiary/aromatic N) is 3. The lowest BCUT2D eigenvalue weighted by molar-refractivity contribution is 0.474. The van der Waals surface area contributed by atoms with Gasteiger partial charge in [-0.15, -0.1) is 0 Å². The van der Waals surface area contributed by atoms with Crippen LogP contribution in [-0.4, -0.2) is 15.8 Å². The predicted octanol–water partition coefficient (Wildman–Crippen LogP) is 2.66. The number of rotatable bonds is 4. The average molecular weight is 259 g/mol. The van der Waals surface area contributed by atoms with Crippen LogP contribution in [0.2, 0.25) is 0 Å². The molecule has 0 saturated heterocycles. The van der Waals surface area contributed by atoms with Gasteiger partial charge in [-0.25, -0.2) is 4.68 Å². The number of nitrogens with two attached hydrogens (primary N) is 1. The van der Waals surface area contributed by atoms with E-state index >= 15 is 0 Å². The molecule has 2 aliphatic rings. The van der Waals surface area contributed by atoms with Gasteiger partial charge in [0.2, 0.25) is 0 Å². The Labute approximate surface area is 113 Å². The van der Waals surface area contributed by atoms with Gasteiger partial charge in [-0.2, -0.15) is 10.4 Å². The Morgan fingerprint density at radius 1 is 1.37 bits per heavy atom. The van der Waals surface area contributed by atoms with Crippen LogP contribution >= 0.6 is 0 Å². The lowest BCUT2D eigenvalue weighted by Crippen LogP contribution is -2.18. The molecule has 2 saturated carbocycles. The average Bonchev–Trinajstić information content (AvgIpc) is 3.03. The fourth-order valence-electron chi connectivity index (χ4n) is 3.02. The highest BCUT2D eigenvalue weighted by atomic mass is 15.4. The van der Waals surface area contributed by atoms with Crippen molar-refractivity contribution in [3.63, 3.8) is 0 Å². The molecule has 1 aromatic rings. The van der Waals surface area contributed by atoms with Gasteiger partial charge in [0.25, 0.3) is 0 Å². The van der Waals surface area contributed by atoms with Crippen molar-refractivity contribution in [2.45, 2.75) is 57.5 Å². The Balaban J connectivity index is 1.86. The monoisotopic (exact) mass is 259 g/mol. The minimum absolute atomic E-state index is 0.374. The lowest BCUT2D eigenvalue weighted by Gasteiger charge is -2.12. The maximum absolute atomic E-state index is 9.30. The summed E-state index contributed by atoms with van der Waals surface area (Å²) in [4.78, 5) is 0. The summed E-state index contributed by atoms with van der Waals surface area (Å²) in [6.45, 7) is 2.16. The normalized spacial score (nSPS) is 21.3. The number of nitrogen functional groups attached to an aromatic ring is 1. The van der Waals surface area contributed by atoms with Crippen LogP contribution in [-0.2, 0) is 0 Å². The number of nitrogens with one attached hydrogen (secondary N) is 1. The maximum atomic E-state index is 9.30. The van der Waals surface area contributed by atoms with Gasteiger partial charge < -0.3 is 11.1 Å². The van der Waals surface area contributed by atoms with Gasteiger partial charge in [-0.3, -0.25) is 0 Å². The van der Waals surface area contributed by atoms with E-state index in [1.54, 1.807) is 0 Å². The third kappa shape index (κ3) is 2.27. The molecule has 5 heteroatoms. The van der Waals surface area contributed by atoms with Gasteiger partial charge in [-0.1, -0.05) is 12.8 Å². The van der Waals surface area contributed by atoms with Gasteiger partial charge >= 0.3 is 0 Å². The zero-order valence-corrected chi connectivity index (χ0v) is 11.4. The van der Waals surface area contributed by atoms with Gasteiger partial charge in [0.1, 0.15) is 17.5 Å². The Kier molecular flexibility index (Phi) is 3.09. The van der Waals surface area contributed by atoms with Crippen LogP contribution in [0.15, 0.2) is 0 Å². The Hall–Kier alpha value is -1.70. The van der Waals surface area contributed by atoms with E-state index in [9.17, 15) is 5.26 Å². The number of aromatic nitrogens is 2. The van der Waals surface area contributed by atoms with E-state index in [2.05, 4.69) is 23.4 Å². The van der Waals surface area contributed by atoms with Crippen molar-refractivity contribution in [1.82, 2.24) is 9.78 Å². The SMILES string of the molecule is CC(Nc1nn(C2CCCC2)c(N)c1C#N)C1CC1. The van der Waals surface area contributed by atoms with Crippen LogP contribution in [0.3, 0.4) is 0 Å². The molecule has 0 amide bonds. The first-order chi connectivity index (χ1) is 9.20. The highest BCUT2D eigenvalue weighted by Crippen LogP contribution is 2.36. The third-order valence-electron chi connectivity index (χ3n) is 4.42. The maximum Gasteiger partial charge on any atom is 0.168 e. The van der Waals surface area contributed by atoms with Crippen LogP contribution in [0.4, 0.5) is 11.6 Å². The van der Waals surface area contributed by atoms with Crippen molar-refractivity contribution in [1.29, 1.82) is 5.26 Å². The third-order valence-corrected chi connectivity index (χ3v) is 4.42. The molecule has 19 heavy (non-hydrogen) atoms. The summed E-state index contributed by atoms with van der Waals surface area (Å²) in [6, 6.07) is 2.95. The van der Waals surface area contributed by atoms with E-state index in [0.717, 1.165) is 18.8 Å². The van der Waals surface area contributed by atoms with Crippen LogP contribution in [0.1, 0.15) is 57.1 Å². The second-order valence-corrected chi connectivity index (χ2v) is 5.87. The minimum Gasteiger partial charge on any atom is -0.383 e. The van der Waals surface area contributed by atoms with Crippen LogP contribution in [0, 0.1) is 17.2 Å². The zero-order chi connectivity index (χ0) is 13.4. The second-order valence-electron chi connectivity index (χ2n) is 5.87. The summed E-state index contributed by atoms with van der Waals surface area (Å²) in [5.41, 5.74) is 6.61. The minimum atomic E-state index is 0.374. The zero-order valence-electron chi connectivity index (χ0n) is 11.4. The van der Waals surface area contributed by atoms with Crippen molar-refractivity contribution < 1.29 is 0 Å². The van der Waals surface area contributed by atoms with Crippen molar-refractivity contribution in [3.8, 4) is 6.07 Å².